The van der Waals surface area contributed by atoms with Crippen LogP contribution in [0.4, 0.5) is 4.79 Å². The zero-order valence-corrected chi connectivity index (χ0v) is 20.7. The van der Waals surface area contributed by atoms with Crippen molar-refractivity contribution >= 4 is 30.9 Å². The monoisotopic (exact) mass is 476 g/mol. The smallest absolute Gasteiger partial charge is 0.407 e. The molecule has 0 fully saturated rings. The van der Waals surface area contributed by atoms with Crippen LogP contribution in [0.1, 0.15) is 54.4 Å². The van der Waals surface area contributed by atoms with Gasteiger partial charge in [0.15, 0.2) is 0 Å². The molecule has 2 aromatic heterocycles. The number of halogens is 2. The standard InChI is InChI=1S/C13H20N2O3.C8H12N2O.2ClH/c1-8-6-9(2)15-11(16)10(8)7-14-12(17)18-13(3,4)5;1-5-3-6(2)10-8(11)7(5)4-9;;/h6H,7H2,1-5H3,(H,14,17)(H,15,16);3H,4,9H2,1-2H3,(H,10,11);2*1H. The van der Waals surface area contributed by atoms with E-state index >= 15 is 0 Å². The van der Waals surface area contributed by atoms with Gasteiger partial charge in [-0.2, -0.15) is 0 Å². The van der Waals surface area contributed by atoms with E-state index in [1.807, 2.05) is 39.8 Å². The molecule has 0 radical (unpaired) electrons. The molecule has 0 aromatic carbocycles. The second-order valence-electron chi connectivity index (χ2n) is 7.95. The Morgan fingerprint density at radius 1 is 0.935 bits per heavy atom. The van der Waals surface area contributed by atoms with Gasteiger partial charge in [0.25, 0.3) is 11.1 Å². The third-order valence-electron chi connectivity index (χ3n) is 4.00. The molecule has 0 atom stereocenters. The summed E-state index contributed by atoms with van der Waals surface area (Å²) in [5.41, 5.74) is 9.32. The van der Waals surface area contributed by atoms with E-state index in [1.165, 1.54) is 0 Å². The Labute approximate surface area is 195 Å². The lowest BCUT2D eigenvalue weighted by Gasteiger charge is -2.19. The van der Waals surface area contributed by atoms with Crippen LogP contribution < -0.4 is 22.2 Å². The number of aryl methyl sites for hydroxylation is 4. The first-order valence-corrected chi connectivity index (χ1v) is 9.39. The summed E-state index contributed by atoms with van der Waals surface area (Å²) >= 11 is 0. The third-order valence-corrected chi connectivity index (χ3v) is 4.00. The molecule has 0 aliphatic rings. The van der Waals surface area contributed by atoms with Crippen LogP contribution in [0.25, 0.3) is 0 Å². The quantitative estimate of drug-likeness (QED) is 0.539. The Hall–Kier alpha value is -2.29. The van der Waals surface area contributed by atoms with Crippen molar-refractivity contribution in [1.82, 2.24) is 15.3 Å². The number of hydrogen-bond acceptors (Lipinski definition) is 5. The number of aromatic amines is 2. The average molecular weight is 477 g/mol. The molecule has 0 saturated carbocycles. The fourth-order valence-electron chi connectivity index (χ4n) is 2.71. The predicted octanol–water partition coefficient (Wildman–Crippen LogP) is 3.31. The number of nitrogens with one attached hydrogen (secondary N) is 3. The Morgan fingerprint density at radius 2 is 1.35 bits per heavy atom. The molecule has 2 aromatic rings. The van der Waals surface area contributed by atoms with E-state index in [1.54, 1.807) is 20.8 Å². The number of H-pyrrole nitrogens is 2. The summed E-state index contributed by atoms with van der Waals surface area (Å²) in [4.78, 5) is 39.7. The van der Waals surface area contributed by atoms with Gasteiger partial charge >= 0.3 is 6.09 Å². The largest absolute Gasteiger partial charge is 0.444 e. The number of hydrogen-bond donors (Lipinski definition) is 4. The SMILES string of the molecule is Cc1cc(C)c(CN)c(=O)[nH]1.Cc1cc(C)c(CNC(=O)OC(C)(C)C)c(=O)[nH]1.Cl.Cl. The fraction of sp³-hybridized carbons (Fsp3) is 0.476. The normalized spacial score (nSPS) is 10.1. The number of aromatic nitrogens is 2. The van der Waals surface area contributed by atoms with Crippen molar-refractivity contribution in [2.24, 2.45) is 5.73 Å². The lowest BCUT2D eigenvalue weighted by molar-refractivity contribution is 0.0523. The maximum absolute atomic E-state index is 11.7. The Balaban J connectivity index is 0. The van der Waals surface area contributed by atoms with Crippen molar-refractivity contribution in [1.29, 1.82) is 0 Å². The number of carbonyl (C=O) groups is 1. The molecule has 0 unspecified atom stereocenters. The van der Waals surface area contributed by atoms with Crippen LogP contribution in [0.5, 0.6) is 0 Å². The van der Waals surface area contributed by atoms with E-state index in [4.69, 9.17) is 10.5 Å². The summed E-state index contributed by atoms with van der Waals surface area (Å²) in [7, 11) is 0. The Bertz CT molecular complexity index is 979. The van der Waals surface area contributed by atoms with E-state index in [-0.39, 0.29) is 42.5 Å². The summed E-state index contributed by atoms with van der Waals surface area (Å²) < 4.78 is 5.10. The van der Waals surface area contributed by atoms with Crippen molar-refractivity contribution in [2.45, 2.75) is 67.2 Å². The van der Waals surface area contributed by atoms with Gasteiger partial charge in [-0.3, -0.25) is 9.59 Å². The number of alkyl carbamates (subject to hydrolysis) is 1. The van der Waals surface area contributed by atoms with E-state index in [0.29, 0.717) is 17.7 Å². The molecule has 2 rings (SSSR count). The van der Waals surface area contributed by atoms with Crippen LogP contribution >= 0.6 is 24.8 Å². The maximum atomic E-state index is 11.7. The van der Waals surface area contributed by atoms with Crippen LogP contribution in [0.2, 0.25) is 0 Å². The van der Waals surface area contributed by atoms with E-state index in [2.05, 4.69) is 15.3 Å². The van der Waals surface area contributed by atoms with Gasteiger partial charge in [-0.1, -0.05) is 0 Å². The highest BCUT2D eigenvalue weighted by atomic mass is 35.5. The zero-order valence-electron chi connectivity index (χ0n) is 19.1. The van der Waals surface area contributed by atoms with Gasteiger partial charge in [0.2, 0.25) is 0 Å². The van der Waals surface area contributed by atoms with Gasteiger partial charge < -0.3 is 25.8 Å². The van der Waals surface area contributed by atoms with Gasteiger partial charge in [-0.25, -0.2) is 4.79 Å². The maximum Gasteiger partial charge on any atom is 0.407 e. The summed E-state index contributed by atoms with van der Waals surface area (Å²) in [6.07, 6.45) is -0.526. The minimum atomic E-state index is -0.543. The lowest BCUT2D eigenvalue weighted by atomic mass is 10.1. The van der Waals surface area contributed by atoms with Crippen molar-refractivity contribution in [3.05, 3.63) is 66.5 Å². The fourth-order valence-corrected chi connectivity index (χ4v) is 2.71. The van der Waals surface area contributed by atoms with Crippen LogP contribution in [-0.4, -0.2) is 21.7 Å². The van der Waals surface area contributed by atoms with Gasteiger partial charge in [0.1, 0.15) is 5.60 Å². The molecular weight excluding hydrogens is 443 g/mol. The molecule has 1 amide bonds. The topological polar surface area (TPSA) is 130 Å². The summed E-state index contributed by atoms with van der Waals surface area (Å²) in [6.45, 7) is 13.2. The van der Waals surface area contributed by atoms with Crippen LogP contribution in [0.3, 0.4) is 0 Å². The van der Waals surface area contributed by atoms with Gasteiger partial charge in [-0.15, -0.1) is 24.8 Å². The third kappa shape index (κ3) is 10.5. The highest BCUT2D eigenvalue weighted by Gasteiger charge is 2.16. The molecule has 5 N–H and O–H groups in total. The van der Waals surface area contributed by atoms with E-state index in [9.17, 15) is 14.4 Å². The highest BCUT2D eigenvalue weighted by molar-refractivity contribution is 5.85. The number of amides is 1. The average Bonchev–Trinajstić information content (AvgIpc) is 2.52. The predicted molar refractivity (Wildman–Crippen MR) is 129 cm³/mol. The van der Waals surface area contributed by atoms with Crippen molar-refractivity contribution in [3.8, 4) is 0 Å². The van der Waals surface area contributed by atoms with Crippen molar-refractivity contribution in [2.75, 3.05) is 0 Å². The van der Waals surface area contributed by atoms with Crippen molar-refractivity contribution in [3.63, 3.8) is 0 Å². The molecule has 8 nitrogen and oxygen atoms in total. The first-order chi connectivity index (χ1) is 13.3. The van der Waals surface area contributed by atoms with Crippen molar-refractivity contribution < 1.29 is 9.53 Å². The first-order valence-electron chi connectivity index (χ1n) is 9.39. The molecule has 0 aliphatic carbocycles. The molecular formula is C21H34Cl2N4O4. The van der Waals surface area contributed by atoms with Gasteiger partial charge in [-0.05, 0) is 71.7 Å². The molecule has 0 aliphatic heterocycles. The Kier molecular flexibility index (Phi) is 13.2. The molecule has 31 heavy (non-hydrogen) atoms. The number of ether oxygens (including phenoxy) is 1. The minimum Gasteiger partial charge on any atom is -0.444 e. The molecule has 10 heteroatoms. The van der Waals surface area contributed by atoms with Crippen LogP contribution in [0, 0.1) is 27.7 Å². The van der Waals surface area contributed by atoms with E-state index in [0.717, 1.165) is 22.5 Å². The number of carbonyl (C=O) groups excluding carboxylic acids is 1. The summed E-state index contributed by atoms with van der Waals surface area (Å²) in [5.74, 6) is 0. The van der Waals surface area contributed by atoms with Gasteiger partial charge in [0, 0.05) is 29.1 Å². The molecule has 176 valence electrons. The lowest BCUT2D eigenvalue weighted by Crippen LogP contribution is -2.33. The number of pyridine rings is 2. The molecule has 2 heterocycles. The zero-order chi connectivity index (χ0) is 22.4. The molecule has 0 bridgehead atoms. The summed E-state index contributed by atoms with van der Waals surface area (Å²) in [5, 5.41) is 2.58. The molecule has 0 saturated heterocycles. The number of nitrogens with two attached hydrogens (primary N) is 1. The van der Waals surface area contributed by atoms with Gasteiger partial charge in [0.05, 0.1) is 6.54 Å². The Morgan fingerprint density at radius 3 is 1.71 bits per heavy atom. The van der Waals surface area contributed by atoms with Crippen LogP contribution in [0.15, 0.2) is 21.7 Å². The molecule has 0 spiro atoms. The summed E-state index contributed by atoms with van der Waals surface area (Å²) in [6, 6.07) is 3.79. The van der Waals surface area contributed by atoms with Crippen LogP contribution in [-0.2, 0) is 17.8 Å². The first kappa shape index (κ1) is 30.9. The second kappa shape index (κ2) is 13.2. The number of rotatable bonds is 3. The minimum absolute atomic E-state index is 0. The highest BCUT2D eigenvalue weighted by Crippen LogP contribution is 2.07. The second-order valence-corrected chi connectivity index (χ2v) is 7.95. The van der Waals surface area contributed by atoms with E-state index < -0.39 is 11.7 Å².